The minimum absolute atomic E-state index is 0.271. The summed E-state index contributed by atoms with van der Waals surface area (Å²) in [6.07, 6.45) is 1.81. The maximum absolute atomic E-state index is 12.0. The molecule has 6 nitrogen and oxygen atoms in total. The van der Waals surface area contributed by atoms with Gasteiger partial charge in [0.25, 0.3) is 0 Å². The Hall–Kier alpha value is -0.690. The van der Waals surface area contributed by atoms with E-state index in [1.165, 1.54) is 0 Å². The number of nitrogens with one attached hydrogen (secondary N) is 1. The van der Waals surface area contributed by atoms with Crippen LogP contribution in [0.4, 0.5) is 0 Å². The number of hydrogen-bond acceptors (Lipinski definition) is 6. The van der Waals surface area contributed by atoms with Gasteiger partial charge in [0, 0.05) is 20.3 Å². The third-order valence-corrected chi connectivity index (χ3v) is 2.89. The van der Waals surface area contributed by atoms with Crippen LogP contribution < -0.4 is 5.32 Å². The summed E-state index contributed by atoms with van der Waals surface area (Å²) in [5, 5.41) is 3.19. The van der Waals surface area contributed by atoms with Crippen LogP contribution in [0.5, 0.6) is 0 Å². The lowest BCUT2D eigenvalue weighted by atomic mass is 10.0. The van der Waals surface area contributed by atoms with Gasteiger partial charge in [-0.25, -0.2) is 4.79 Å². The molecule has 0 aliphatic heterocycles. The Balaban J connectivity index is 3.93. The van der Waals surface area contributed by atoms with E-state index in [0.29, 0.717) is 33.0 Å². The standard InChI is InChI=1S/C15H31NO5/c1-5-8-16-15(3,14(17)21-6-2)13-20-12-11-19-10-7-9-18-4/h16H,5-13H2,1-4H3. The van der Waals surface area contributed by atoms with Crippen molar-refractivity contribution in [1.82, 2.24) is 5.32 Å². The van der Waals surface area contributed by atoms with Crippen LogP contribution in [0.3, 0.4) is 0 Å². The van der Waals surface area contributed by atoms with Crippen molar-refractivity contribution >= 4 is 5.97 Å². The van der Waals surface area contributed by atoms with Crippen molar-refractivity contribution < 1.29 is 23.7 Å². The molecule has 0 amide bonds. The third-order valence-electron chi connectivity index (χ3n) is 2.89. The zero-order valence-electron chi connectivity index (χ0n) is 13.9. The van der Waals surface area contributed by atoms with Gasteiger partial charge in [-0.2, -0.15) is 0 Å². The highest BCUT2D eigenvalue weighted by molar-refractivity contribution is 5.80. The lowest BCUT2D eigenvalue weighted by molar-refractivity contribution is -0.153. The lowest BCUT2D eigenvalue weighted by Gasteiger charge is -2.28. The molecular weight excluding hydrogens is 274 g/mol. The van der Waals surface area contributed by atoms with E-state index in [1.54, 1.807) is 21.0 Å². The number of rotatable bonds is 14. The summed E-state index contributed by atoms with van der Waals surface area (Å²) in [6, 6.07) is 0. The quantitative estimate of drug-likeness (QED) is 0.386. The molecule has 0 spiro atoms. The second-order valence-corrected chi connectivity index (χ2v) is 4.99. The molecule has 0 aromatic rings. The molecule has 0 saturated carbocycles. The Kier molecular flexibility index (Phi) is 12.6. The molecule has 1 N–H and O–H groups in total. The average molecular weight is 305 g/mol. The monoisotopic (exact) mass is 305 g/mol. The highest BCUT2D eigenvalue weighted by Gasteiger charge is 2.34. The van der Waals surface area contributed by atoms with Crippen LogP contribution in [0.1, 0.15) is 33.6 Å². The first-order valence-corrected chi connectivity index (χ1v) is 7.67. The van der Waals surface area contributed by atoms with E-state index in [9.17, 15) is 4.79 Å². The van der Waals surface area contributed by atoms with Crippen molar-refractivity contribution in [3.8, 4) is 0 Å². The van der Waals surface area contributed by atoms with E-state index in [-0.39, 0.29) is 12.6 Å². The Bertz CT molecular complexity index is 262. The first-order valence-electron chi connectivity index (χ1n) is 7.67. The van der Waals surface area contributed by atoms with E-state index in [2.05, 4.69) is 5.32 Å². The van der Waals surface area contributed by atoms with Gasteiger partial charge in [0.05, 0.1) is 26.4 Å². The Morgan fingerprint density at radius 2 is 1.81 bits per heavy atom. The minimum atomic E-state index is -0.804. The number of methoxy groups -OCH3 is 1. The van der Waals surface area contributed by atoms with Crippen molar-refractivity contribution in [2.45, 2.75) is 39.2 Å². The molecule has 0 aromatic carbocycles. The van der Waals surface area contributed by atoms with E-state index in [1.807, 2.05) is 6.92 Å². The predicted octanol–water partition coefficient (Wildman–Crippen LogP) is 1.38. The zero-order valence-corrected chi connectivity index (χ0v) is 13.9. The van der Waals surface area contributed by atoms with Crippen LogP contribution in [-0.2, 0) is 23.7 Å². The maximum Gasteiger partial charge on any atom is 0.328 e. The van der Waals surface area contributed by atoms with Crippen LogP contribution in [0.15, 0.2) is 0 Å². The molecule has 0 radical (unpaired) electrons. The molecule has 0 aliphatic carbocycles. The first-order chi connectivity index (χ1) is 10.1. The molecule has 6 heteroatoms. The van der Waals surface area contributed by atoms with Gasteiger partial charge in [-0.1, -0.05) is 6.92 Å². The fourth-order valence-corrected chi connectivity index (χ4v) is 1.67. The number of hydrogen-bond donors (Lipinski definition) is 1. The number of ether oxygens (including phenoxy) is 4. The maximum atomic E-state index is 12.0. The summed E-state index contributed by atoms with van der Waals surface area (Å²) in [5.41, 5.74) is -0.804. The smallest absolute Gasteiger partial charge is 0.328 e. The largest absolute Gasteiger partial charge is 0.465 e. The van der Waals surface area contributed by atoms with E-state index < -0.39 is 5.54 Å². The lowest BCUT2D eigenvalue weighted by Crippen LogP contribution is -2.54. The van der Waals surface area contributed by atoms with Crippen LogP contribution >= 0.6 is 0 Å². The van der Waals surface area contributed by atoms with Crippen LogP contribution in [0.25, 0.3) is 0 Å². The molecule has 0 fully saturated rings. The summed E-state index contributed by atoms with van der Waals surface area (Å²) in [6.45, 7) is 9.35. The van der Waals surface area contributed by atoms with Crippen molar-refractivity contribution in [1.29, 1.82) is 0 Å². The van der Waals surface area contributed by atoms with E-state index in [0.717, 1.165) is 19.4 Å². The molecule has 0 heterocycles. The summed E-state index contributed by atoms with van der Waals surface area (Å²) in [4.78, 5) is 12.0. The summed E-state index contributed by atoms with van der Waals surface area (Å²) < 4.78 is 21.0. The highest BCUT2D eigenvalue weighted by Crippen LogP contribution is 2.08. The second-order valence-electron chi connectivity index (χ2n) is 4.99. The topological polar surface area (TPSA) is 66.0 Å². The van der Waals surface area contributed by atoms with Gasteiger partial charge in [0.1, 0.15) is 5.54 Å². The third kappa shape index (κ3) is 9.79. The zero-order chi connectivity index (χ0) is 16.0. The van der Waals surface area contributed by atoms with Crippen molar-refractivity contribution in [2.75, 3.05) is 53.3 Å². The normalized spacial score (nSPS) is 13.9. The van der Waals surface area contributed by atoms with Crippen molar-refractivity contribution in [3.05, 3.63) is 0 Å². The van der Waals surface area contributed by atoms with Gasteiger partial charge in [0.2, 0.25) is 0 Å². The summed E-state index contributed by atoms with van der Waals surface area (Å²) >= 11 is 0. The number of carbonyl (C=O) groups is 1. The second kappa shape index (κ2) is 13.0. The van der Waals surface area contributed by atoms with Gasteiger partial charge < -0.3 is 24.3 Å². The molecule has 1 unspecified atom stereocenters. The highest BCUT2D eigenvalue weighted by atomic mass is 16.5. The molecule has 0 bridgehead atoms. The predicted molar refractivity (Wildman–Crippen MR) is 81.5 cm³/mol. The van der Waals surface area contributed by atoms with Crippen LogP contribution in [0, 0.1) is 0 Å². The number of carbonyl (C=O) groups excluding carboxylic acids is 1. The average Bonchev–Trinajstić information content (AvgIpc) is 2.48. The molecule has 0 saturated heterocycles. The molecule has 0 aromatic heterocycles. The molecule has 1 atom stereocenters. The summed E-state index contributed by atoms with van der Waals surface area (Å²) in [5.74, 6) is -0.278. The Labute approximate surface area is 128 Å². The van der Waals surface area contributed by atoms with Gasteiger partial charge in [-0.3, -0.25) is 0 Å². The van der Waals surface area contributed by atoms with Gasteiger partial charge in [-0.15, -0.1) is 0 Å². The fraction of sp³-hybridized carbons (Fsp3) is 0.933. The minimum Gasteiger partial charge on any atom is -0.465 e. The van der Waals surface area contributed by atoms with Crippen LogP contribution in [-0.4, -0.2) is 64.8 Å². The van der Waals surface area contributed by atoms with E-state index >= 15 is 0 Å². The molecular formula is C15H31NO5. The van der Waals surface area contributed by atoms with Gasteiger partial charge >= 0.3 is 5.97 Å². The Morgan fingerprint density at radius 1 is 1.10 bits per heavy atom. The summed E-state index contributed by atoms with van der Waals surface area (Å²) in [7, 11) is 1.67. The molecule has 21 heavy (non-hydrogen) atoms. The van der Waals surface area contributed by atoms with Gasteiger partial charge in [-0.05, 0) is 33.2 Å². The number of esters is 1. The first kappa shape index (κ1) is 20.3. The SMILES string of the molecule is CCCNC(C)(COCCOCCCOC)C(=O)OCC. The van der Waals surface area contributed by atoms with Crippen molar-refractivity contribution in [2.24, 2.45) is 0 Å². The molecule has 0 rings (SSSR count). The van der Waals surface area contributed by atoms with Crippen LogP contribution in [0.2, 0.25) is 0 Å². The van der Waals surface area contributed by atoms with E-state index in [4.69, 9.17) is 18.9 Å². The fourth-order valence-electron chi connectivity index (χ4n) is 1.67. The Morgan fingerprint density at radius 3 is 2.43 bits per heavy atom. The van der Waals surface area contributed by atoms with Gasteiger partial charge in [0.15, 0.2) is 0 Å². The molecule has 0 aliphatic rings. The molecule has 126 valence electrons. The van der Waals surface area contributed by atoms with Crippen molar-refractivity contribution in [3.63, 3.8) is 0 Å².